The van der Waals surface area contributed by atoms with E-state index < -0.39 is 12.6 Å². The van der Waals surface area contributed by atoms with Crippen molar-refractivity contribution in [2.24, 2.45) is 0 Å². The maximum atomic E-state index is 6.65. The van der Waals surface area contributed by atoms with E-state index in [4.69, 9.17) is 18.9 Å². The fraction of sp³-hybridized carbons (Fsp3) is 0.118. The molecule has 6 aromatic carbocycles. The van der Waals surface area contributed by atoms with Gasteiger partial charge < -0.3 is 18.9 Å². The molecule has 4 heterocycles. The van der Waals surface area contributed by atoms with Crippen molar-refractivity contribution in [1.29, 1.82) is 0 Å². The number of rotatable bonds is 0. The van der Waals surface area contributed by atoms with Crippen LogP contribution in [-0.4, -0.2) is 12.6 Å². The average Bonchev–Trinajstić information content (AvgIpc) is 3.70. The molecule has 10 rings (SSSR count). The summed E-state index contributed by atoms with van der Waals surface area (Å²) in [5.74, 6) is 3.34. The second-order valence-electron chi connectivity index (χ2n) is 10.6. The summed E-state index contributed by atoms with van der Waals surface area (Å²) in [6.45, 7) is 0. The van der Waals surface area contributed by atoms with Crippen LogP contribution in [0.4, 0.5) is 0 Å². The Bertz CT molecular complexity index is 1880. The van der Waals surface area contributed by atoms with Gasteiger partial charge in [0.1, 0.15) is 11.5 Å². The lowest BCUT2D eigenvalue weighted by Gasteiger charge is -2.16. The fourth-order valence-electron chi connectivity index (χ4n) is 7.33. The highest BCUT2D eigenvalue weighted by atomic mass is 16.7. The van der Waals surface area contributed by atoms with E-state index in [0.29, 0.717) is 0 Å². The molecular formula is C34H20O4. The SMILES string of the molecule is c1ccc2c3c(ccc2c1)O[C@H]1Oc2c4c(c5ccccc5c2[C@@H]31)[C@@H]1c2c(ccc3ccccc23)O[C@@H]1O4. The average molecular weight is 493 g/mol. The Morgan fingerprint density at radius 1 is 0.368 bits per heavy atom. The molecule has 4 heteroatoms. The van der Waals surface area contributed by atoms with Crippen molar-refractivity contribution in [2.45, 2.75) is 24.4 Å². The third-order valence-corrected chi connectivity index (χ3v) is 8.81. The highest BCUT2D eigenvalue weighted by Gasteiger charge is 2.53. The third kappa shape index (κ3) is 2.20. The lowest BCUT2D eigenvalue weighted by molar-refractivity contribution is 0.0154. The van der Waals surface area contributed by atoms with E-state index in [1.807, 2.05) is 0 Å². The largest absolute Gasteiger partial charge is 0.454 e. The number of hydrogen-bond acceptors (Lipinski definition) is 4. The molecule has 0 spiro atoms. The maximum Gasteiger partial charge on any atom is 0.252 e. The van der Waals surface area contributed by atoms with Crippen molar-refractivity contribution < 1.29 is 18.9 Å². The van der Waals surface area contributed by atoms with E-state index in [1.165, 1.54) is 43.4 Å². The molecular weight excluding hydrogens is 472 g/mol. The Morgan fingerprint density at radius 2 is 0.789 bits per heavy atom. The van der Waals surface area contributed by atoms with Crippen LogP contribution in [-0.2, 0) is 0 Å². The van der Waals surface area contributed by atoms with Crippen molar-refractivity contribution in [3.8, 4) is 23.0 Å². The first kappa shape index (κ1) is 19.4. The maximum absolute atomic E-state index is 6.65. The predicted molar refractivity (Wildman–Crippen MR) is 146 cm³/mol. The van der Waals surface area contributed by atoms with E-state index in [2.05, 4.69) is 97.1 Å². The first-order chi connectivity index (χ1) is 18.8. The molecule has 0 unspecified atom stereocenters. The molecule has 4 atom stereocenters. The van der Waals surface area contributed by atoms with Gasteiger partial charge in [-0.2, -0.15) is 0 Å². The zero-order valence-corrected chi connectivity index (χ0v) is 20.2. The molecule has 0 fully saturated rings. The standard InChI is InChI=1S/C34H20O4/c1-3-9-19-17(7-1)13-15-23-25(19)29-27-21-11-5-6-12-22(21)28-30-26-20-10-4-2-8-18(20)14-16-24(26)36-34(30)38-32(28)31(27)37-33(29)35-23/h1-16,29-30,33-34H/t29-,30+,33+,34-. The Balaban J connectivity index is 1.27. The van der Waals surface area contributed by atoms with Crippen molar-refractivity contribution in [1.82, 2.24) is 0 Å². The molecule has 4 aliphatic rings. The van der Waals surface area contributed by atoms with Gasteiger partial charge in [-0.3, -0.25) is 0 Å². The van der Waals surface area contributed by atoms with Gasteiger partial charge in [0.15, 0.2) is 11.5 Å². The zero-order valence-electron chi connectivity index (χ0n) is 20.2. The molecule has 4 aliphatic heterocycles. The molecule has 6 aromatic rings. The van der Waals surface area contributed by atoms with Crippen LogP contribution in [0.1, 0.15) is 34.1 Å². The van der Waals surface area contributed by atoms with Gasteiger partial charge >= 0.3 is 0 Å². The van der Waals surface area contributed by atoms with Crippen LogP contribution in [0.2, 0.25) is 0 Å². The van der Waals surface area contributed by atoms with Gasteiger partial charge in [0.05, 0.1) is 11.8 Å². The van der Waals surface area contributed by atoms with E-state index in [1.54, 1.807) is 0 Å². The Kier molecular flexibility index (Phi) is 3.37. The molecule has 0 aliphatic carbocycles. The minimum absolute atomic E-state index is 0.0284. The summed E-state index contributed by atoms with van der Waals surface area (Å²) in [6, 6.07) is 34.1. The minimum Gasteiger partial charge on any atom is -0.454 e. The minimum atomic E-state index is -0.418. The van der Waals surface area contributed by atoms with Crippen molar-refractivity contribution in [3.63, 3.8) is 0 Å². The molecule has 0 saturated heterocycles. The Hall–Kier alpha value is -4.70. The van der Waals surface area contributed by atoms with E-state index in [-0.39, 0.29) is 11.8 Å². The van der Waals surface area contributed by atoms with E-state index >= 15 is 0 Å². The van der Waals surface area contributed by atoms with Crippen molar-refractivity contribution >= 4 is 32.3 Å². The van der Waals surface area contributed by atoms with Gasteiger partial charge in [-0.15, -0.1) is 0 Å². The molecule has 0 radical (unpaired) electrons. The van der Waals surface area contributed by atoms with Crippen LogP contribution in [0.25, 0.3) is 32.3 Å². The number of benzene rings is 6. The number of hydrogen-bond donors (Lipinski definition) is 0. The summed E-state index contributed by atoms with van der Waals surface area (Å²) in [5, 5.41) is 7.21. The third-order valence-electron chi connectivity index (χ3n) is 8.81. The van der Waals surface area contributed by atoms with Crippen LogP contribution < -0.4 is 18.9 Å². The first-order valence-corrected chi connectivity index (χ1v) is 13.1. The quantitative estimate of drug-likeness (QED) is 0.218. The summed E-state index contributed by atoms with van der Waals surface area (Å²) in [7, 11) is 0. The fourth-order valence-corrected chi connectivity index (χ4v) is 7.33. The Labute approximate surface area is 217 Å². The van der Waals surface area contributed by atoms with Crippen LogP contribution in [0, 0.1) is 0 Å². The molecule has 0 saturated carbocycles. The van der Waals surface area contributed by atoms with Crippen molar-refractivity contribution in [3.05, 3.63) is 119 Å². The molecule has 0 aromatic heterocycles. The summed E-state index contributed by atoms with van der Waals surface area (Å²) in [5.41, 5.74) is 4.70. The van der Waals surface area contributed by atoms with Gasteiger partial charge in [-0.05, 0) is 44.5 Å². The molecule has 180 valence electrons. The number of ether oxygens (including phenoxy) is 4. The Morgan fingerprint density at radius 3 is 1.26 bits per heavy atom. The lowest BCUT2D eigenvalue weighted by Crippen LogP contribution is -2.21. The van der Waals surface area contributed by atoms with E-state index in [9.17, 15) is 0 Å². The summed E-state index contributed by atoms with van der Waals surface area (Å²) < 4.78 is 26.2. The molecule has 0 amide bonds. The topological polar surface area (TPSA) is 36.9 Å². The van der Waals surface area contributed by atoms with Gasteiger partial charge in [0.2, 0.25) is 0 Å². The summed E-state index contributed by atoms with van der Waals surface area (Å²) in [6.07, 6.45) is -0.836. The van der Waals surface area contributed by atoms with Crippen LogP contribution in [0.3, 0.4) is 0 Å². The molecule has 0 bridgehead atoms. The molecule has 38 heavy (non-hydrogen) atoms. The van der Waals surface area contributed by atoms with Gasteiger partial charge in [-0.25, -0.2) is 0 Å². The highest BCUT2D eigenvalue weighted by molar-refractivity contribution is 6.00. The summed E-state index contributed by atoms with van der Waals surface area (Å²) in [4.78, 5) is 0. The highest BCUT2D eigenvalue weighted by Crippen LogP contribution is 2.63. The van der Waals surface area contributed by atoms with Crippen LogP contribution in [0.15, 0.2) is 97.1 Å². The normalized spacial score (nSPS) is 23.1. The van der Waals surface area contributed by atoms with Crippen LogP contribution in [0.5, 0.6) is 23.0 Å². The van der Waals surface area contributed by atoms with Crippen molar-refractivity contribution in [2.75, 3.05) is 0 Å². The van der Waals surface area contributed by atoms with Gasteiger partial charge in [-0.1, -0.05) is 84.9 Å². The predicted octanol–water partition coefficient (Wildman–Crippen LogP) is 7.63. The lowest BCUT2D eigenvalue weighted by atomic mass is 9.82. The molecule has 4 nitrogen and oxygen atoms in total. The zero-order chi connectivity index (χ0) is 24.5. The van der Waals surface area contributed by atoms with Gasteiger partial charge in [0, 0.05) is 22.3 Å². The monoisotopic (exact) mass is 492 g/mol. The summed E-state index contributed by atoms with van der Waals surface area (Å²) >= 11 is 0. The second kappa shape index (κ2) is 6.59. The second-order valence-corrected chi connectivity index (χ2v) is 10.6. The van der Waals surface area contributed by atoms with E-state index in [0.717, 1.165) is 34.1 Å². The van der Waals surface area contributed by atoms with Gasteiger partial charge in [0.25, 0.3) is 12.6 Å². The van der Waals surface area contributed by atoms with Crippen LogP contribution >= 0.6 is 0 Å². The first-order valence-electron chi connectivity index (χ1n) is 13.1. The number of fused-ring (bicyclic) bond motifs is 18. The smallest absolute Gasteiger partial charge is 0.252 e. The molecule has 0 N–H and O–H groups in total.